The maximum absolute atomic E-state index is 6.10. The monoisotopic (exact) mass is 265 g/mol. The summed E-state index contributed by atoms with van der Waals surface area (Å²) in [5.41, 5.74) is 0.768. The third kappa shape index (κ3) is 2.71. The van der Waals surface area contributed by atoms with Crippen LogP contribution in [0.4, 0.5) is 0 Å². The molecular formula is C13H16ClN3O. The van der Waals surface area contributed by atoms with Gasteiger partial charge in [-0.25, -0.2) is 0 Å². The molecule has 0 saturated heterocycles. The highest BCUT2D eigenvalue weighted by molar-refractivity contribution is 6.33. The first kappa shape index (κ1) is 13.1. The normalized spacial score (nSPS) is 12.6. The Balaban J connectivity index is 2.28. The average molecular weight is 266 g/mol. The molecular weight excluding hydrogens is 250 g/mol. The minimum atomic E-state index is 0.0961. The van der Waals surface area contributed by atoms with Gasteiger partial charge in [0.25, 0.3) is 0 Å². The van der Waals surface area contributed by atoms with E-state index < -0.39 is 0 Å². The molecule has 5 heteroatoms. The van der Waals surface area contributed by atoms with Gasteiger partial charge >= 0.3 is 0 Å². The molecule has 1 aromatic carbocycles. The van der Waals surface area contributed by atoms with Gasteiger partial charge in [-0.2, -0.15) is 0 Å². The van der Waals surface area contributed by atoms with Crippen molar-refractivity contribution in [3.63, 3.8) is 0 Å². The van der Waals surface area contributed by atoms with Crippen LogP contribution in [-0.4, -0.2) is 16.7 Å². The van der Waals surface area contributed by atoms with Crippen LogP contribution < -0.4 is 5.32 Å². The van der Waals surface area contributed by atoms with Gasteiger partial charge in [0.15, 0.2) is 0 Å². The van der Waals surface area contributed by atoms with E-state index in [1.807, 2.05) is 31.2 Å². The molecule has 1 N–H and O–H groups in total. The van der Waals surface area contributed by atoms with Crippen LogP contribution in [0.2, 0.25) is 5.02 Å². The highest BCUT2D eigenvalue weighted by Gasteiger charge is 2.17. The van der Waals surface area contributed by atoms with Gasteiger partial charge in [0, 0.05) is 0 Å². The Kier molecular flexibility index (Phi) is 4.33. The molecule has 96 valence electrons. The summed E-state index contributed by atoms with van der Waals surface area (Å²) in [7, 11) is 0. The van der Waals surface area contributed by atoms with Crippen LogP contribution in [-0.2, 0) is 0 Å². The van der Waals surface area contributed by atoms with Crippen molar-refractivity contribution >= 4 is 11.6 Å². The topological polar surface area (TPSA) is 51.0 Å². The summed E-state index contributed by atoms with van der Waals surface area (Å²) in [6.45, 7) is 4.99. The van der Waals surface area contributed by atoms with E-state index in [1.54, 1.807) is 0 Å². The molecule has 1 unspecified atom stereocenters. The molecule has 2 aromatic rings. The molecule has 2 rings (SSSR count). The van der Waals surface area contributed by atoms with Crippen molar-refractivity contribution in [1.29, 1.82) is 0 Å². The number of aromatic nitrogens is 2. The lowest BCUT2D eigenvalue weighted by Crippen LogP contribution is -2.20. The predicted octanol–water partition coefficient (Wildman–Crippen LogP) is 3.45. The van der Waals surface area contributed by atoms with Gasteiger partial charge in [-0.05, 0) is 25.1 Å². The summed E-state index contributed by atoms with van der Waals surface area (Å²) >= 11 is 6.10. The van der Waals surface area contributed by atoms with E-state index in [0.717, 1.165) is 18.5 Å². The van der Waals surface area contributed by atoms with Crippen molar-refractivity contribution in [3.05, 3.63) is 35.2 Å². The van der Waals surface area contributed by atoms with E-state index in [-0.39, 0.29) is 6.04 Å². The first-order valence-corrected chi connectivity index (χ1v) is 6.45. The van der Waals surface area contributed by atoms with Crippen molar-refractivity contribution in [2.24, 2.45) is 0 Å². The Bertz CT molecular complexity index is 512. The van der Waals surface area contributed by atoms with Crippen LogP contribution in [0.1, 0.15) is 32.2 Å². The van der Waals surface area contributed by atoms with E-state index in [0.29, 0.717) is 16.8 Å². The molecule has 0 bridgehead atoms. The van der Waals surface area contributed by atoms with Crippen LogP contribution in [0, 0.1) is 0 Å². The Morgan fingerprint density at radius 2 is 2.06 bits per heavy atom. The molecule has 1 atom stereocenters. The molecule has 0 spiro atoms. The molecule has 0 radical (unpaired) electrons. The number of rotatable bonds is 5. The van der Waals surface area contributed by atoms with Crippen molar-refractivity contribution < 1.29 is 4.42 Å². The van der Waals surface area contributed by atoms with Gasteiger partial charge in [0.2, 0.25) is 11.8 Å². The lowest BCUT2D eigenvalue weighted by molar-refractivity contribution is 0.402. The number of hydrogen-bond acceptors (Lipinski definition) is 4. The molecule has 0 amide bonds. The molecule has 1 aromatic heterocycles. The molecule has 0 fully saturated rings. The highest BCUT2D eigenvalue weighted by atomic mass is 35.5. The number of halogens is 1. The lowest BCUT2D eigenvalue weighted by Gasteiger charge is -2.10. The van der Waals surface area contributed by atoms with Crippen LogP contribution >= 0.6 is 11.6 Å². The van der Waals surface area contributed by atoms with Crippen molar-refractivity contribution in [3.8, 4) is 11.5 Å². The van der Waals surface area contributed by atoms with Crippen LogP contribution in [0.15, 0.2) is 28.7 Å². The van der Waals surface area contributed by atoms with E-state index in [4.69, 9.17) is 16.0 Å². The standard InChI is InChI=1S/C13H16ClN3O/c1-3-11(15-4-2)13-17-16-12(18-13)9-7-5-6-8-10(9)14/h5-8,11,15H,3-4H2,1-2H3. The zero-order chi connectivity index (χ0) is 13.0. The van der Waals surface area contributed by atoms with E-state index >= 15 is 0 Å². The summed E-state index contributed by atoms with van der Waals surface area (Å²) in [5.74, 6) is 1.07. The first-order chi connectivity index (χ1) is 8.76. The molecule has 18 heavy (non-hydrogen) atoms. The Morgan fingerprint density at radius 1 is 1.28 bits per heavy atom. The second kappa shape index (κ2) is 5.98. The number of nitrogens with one attached hydrogen (secondary N) is 1. The van der Waals surface area contributed by atoms with E-state index in [1.165, 1.54) is 0 Å². The molecule has 0 aliphatic rings. The van der Waals surface area contributed by atoms with Gasteiger partial charge in [-0.3, -0.25) is 0 Å². The van der Waals surface area contributed by atoms with Crippen molar-refractivity contribution in [2.45, 2.75) is 26.3 Å². The molecule has 4 nitrogen and oxygen atoms in total. The molecule has 0 aliphatic heterocycles. The van der Waals surface area contributed by atoms with Gasteiger partial charge in [-0.15, -0.1) is 10.2 Å². The van der Waals surface area contributed by atoms with Gasteiger partial charge < -0.3 is 9.73 Å². The summed E-state index contributed by atoms with van der Waals surface area (Å²) in [4.78, 5) is 0. The molecule has 0 saturated carbocycles. The second-order valence-corrected chi connectivity index (χ2v) is 4.35. The fraction of sp³-hybridized carbons (Fsp3) is 0.385. The van der Waals surface area contributed by atoms with Gasteiger partial charge in [0.1, 0.15) is 0 Å². The van der Waals surface area contributed by atoms with Gasteiger partial charge in [-0.1, -0.05) is 37.6 Å². The minimum Gasteiger partial charge on any atom is -0.419 e. The Morgan fingerprint density at radius 3 is 2.72 bits per heavy atom. The summed E-state index contributed by atoms with van der Waals surface area (Å²) in [6, 6.07) is 7.54. The van der Waals surface area contributed by atoms with Crippen LogP contribution in [0.5, 0.6) is 0 Å². The quantitative estimate of drug-likeness (QED) is 0.900. The first-order valence-electron chi connectivity index (χ1n) is 6.08. The zero-order valence-corrected chi connectivity index (χ0v) is 11.2. The summed E-state index contributed by atoms with van der Waals surface area (Å²) < 4.78 is 5.69. The summed E-state index contributed by atoms with van der Waals surface area (Å²) in [5, 5.41) is 12.1. The number of hydrogen-bond donors (Lipinski definition) is 1. The summed E-state index contributed by atoms with van der Waals surface area (Å²) in [6.07, 6.45) is 0.901. The number of benzene rings is 1. The number of nitrogens with zero attached hydrogens (tertiary/aromatic N) is 2. The van der Waals surface area contributed by atoms with Crippen molar-refractivity contribution in [2.75, 3.05) is 6.54 Å². The largest absolute Gasteiger partial charge is 0.419 e. The minimum absolute atomic E-state index is 0.0961. The smallest absolute Gasteiger partial charge is 0.249 e. The van der Waals surface area contributed by atoms with Crippen LogP contribution in [0.25, 0.3) is 11.5 Å². The second-order valence-electron chi connectivity index (χ2n) is 3.94. The Hall–Kier alpha value is -1.39. The highest BCUT2D eigenvalue weighted by Crippen LogP contribution is 2.27. The third-order valence-electron chi connectivity index (χ3n) is 2.70. The van der Waals surface area contributed by atoms with Gasteiger partial charge in [0.05, 0.1) is 16.6 Å². The lowest BCUT2D eigenvalue weighted by atomic mass is 10.2. The van der Waals surface area contributed by atoms with Crippen LogP contribution in [0.3, 0.4) is 0 Å². The fourth-order valence-corrected chi connectivity index (χ4v) is 1.99. The third-order valence-corrected chi connectivity index (χ3v) is 3.03. The fourth-order valence-electron chi connectivity index (χ4n) is 1.77. The van der Waals surface area contributed by atoms with E-state index in [2.05, 4.69) is 22.4 Å². The Labute approximate surface area is 111 Å². The van der Waals surface area contributed by atoms with E-state index in [9.17, 15) is 0 Å². The van der Waals surface area contributed by atoms with Crippen molar-refractivity contribution in [1.82, 2.24) is 15.5 Å². The maximum Gasteiger partial charge on any atom is 0.249 e. The molecule has 0 aliphatic carbocycles. The average Bonchev–Trinajstić information content (AvgIpc) is 2.85. The molecule has 1 heterocycles. The predicted molar refractivity (Wildman–Crippen MR) is 71.5 cm³/mol. The maximum atomic E-state index is 6.10. The SMILES string of the molecule is CCNC(CC)c1nnc(-c2ccccc2Cl)o1. The zero-order valence-electron chi connectivity index (χ0n) is 10.5.